The molecule has 116 valence electrons. The van der Waals surface area contributed by atoms with Crippen molar-refractivity contribution < 1.29 is 24.0 Å². The van der Waals surface area contributed by atoms with Gasteiger partial charge in [0, 0.05) is 18.6 Å². The van der Waals surface area contributed by atoms with Gasteiger partial charge in [0.25, 0.3) is 11.8 Å². The quantitative estimate of drug-likeness (QED) is 0.561. The monoisotopic (exact) mass is 321 g/mol. The minimum Gasteiger partial charge on any atom is -0.330 e. The van der Waals surface area contributed by atoms with Crippen LogP contribution in [0.4, 0.5) is 0 Å². The molecule has 0 radical (unpaired) electrons. The third-order valence-electron chi connectivity index (χ3n) is 3.05. The standard InChI is InChI=1S/C15H15NO5S/c17-10-12(11-4-2-1-3-5-11)22-9-8-15(20)21-16-13(18)6-7-14(16)19/h1-5,10,12H,6-9H2. The molecule has 0 bridgehead atoms. The molecule has 0 aliphatic carbocycles. The van der Waals surface area contributed by atoms with E-state index in [0.717, 1.165) is 11.8 Å². The Morgan fingerprint density at radius 3 is 2.45 bits per heavy atom. The Labute approximate surface area is 131 Å². The van der Waals surface area contributed by atoms with Crippen molar-refractivity contribution in [2.45, 2.75) is 24.5 Å². The van der Waals surface area contributed by atoms with E-state index in [1.165, 1.54) is 11.8 Å². The number of aldehydes is 1. The van der Waals surface area contributed by atoms with Gasteiger partial charge in [-0.25, -0.2) is 4.79 Å². The van der Waals surface area contributed by atoms with Crippen LogP contribution in [0, 0.1) is 0 Å². The van der Waals surface area contributed by atoms with E-state index in [9.17, 15) is 19.2 Å². The number of nitrogens with zero attached hydrogens (tertiary/aromatic N) is 1. The molecule has 0 N–H and O–H groups in total. The van der Waals surface area contributed by atoms with Gasteiger partial charge in [0.15, 0.2) is 0 Å². The molecule has 1 aliphatic heterocycles. The molecule has 1 fully saturated rings. The van der Waals surface area contributed by atoms with Gasteiger partial charge in [0.1, 0.15) is 6.29 Å². The van der Waals surface area contributed by atoms with Crippen LogP contribution in [-0.2, 0) is 24.0 Å². The van der Waals surface area contributed by atoms with Crippen LogP contribution in [-0.4, -0.2) is 34.9 Å². The predicted molar refractivity (Wildman–Crippen MR) is 79.5 cm³/mol. The van der Waals surface area contributed by atoms with Crippen molar-refractivity contribution >= 4 is 35.8 Å². The van der Waals surface area contributed by atoms with E-state index in [2.05, 4.69) is 0 Å². The molecule has 2 rings (SSSR count). The highest BCUT2D eigenvalue weighted by Gasteiger charge is 2.32. The lowest BCUT2D eigenvalue weighted by atomic mass is 10.2. The normalized spacial score (nSPS) is 15.7. The van der Waals surface area contributed by atoms with E-state index >= 15 is 0 Å². The number of hydrogen-bond acceptors (Lipinski definition) is 6. The molecule has 1 aliphatic rings. The summed E-state index contributed by atoms with van der Waals surface area (Å²) in [7, 11) is 0. The van der Waals surface area contributed by atoms with E-state index in [1.54, 1.807) is 0 Å². The molecule has 0 saturated carbocycles. The zero-order valence-corrected chi connectivity index (χ0v) is 12.6. The molecule has 1 aromatic carbocycles. The van der Waals surface area contributed by atoms with Crippen molar-refractivity contribution in [2.75, 3.05) is 5.75 Å². The number of amides is 2. The molecule has 0 aromatic heterocycles. The number of carbonyl (C=O) groups is 4. The predicted octanol–water partition coefficient (Wildman–Crippen LogP) is 1.66. The van der Waals surface area contributed by atoms with Crippen molar-refractivity contribution in [1.29, 1.82) is 0 Å². The molecule has 22 heavy (non-hydrogen) atoms. The molecule has 7 heteroatoms. The summed E-state index contributed by atoms with van der Waals surface area (Å²) in [5.74, 6) is -1.30. The highest BCUT2D eigenvalue weighted by molar-refractivity contribution is 8.00. The summed E-state index contributed by atoms with van der Waals surface area (Å²) in [5, 5.41) is 0.172. The van der Waals surface area contributed by atoms with Crippen LogP contribution >= 0.6 is 11.8 Å². The average Bonchev–Trinajstić information content (AvgIpc) is 2.84. The van der Waals surface area contributed by atoms with Gasteiger partial charge in [-0.15, -0.1) is 16.8 Å². The van der Waals surface area contributed by atoms with Crippen LogP contribution in [0.15, 0.2) is 30.3 Å². The third-order valence-corrected chi connectivity index (χ3v) is 4.24. The van der Waals surface area contributed by atoms with Gasteiger partial charge in [0.2, 0.25) is 0 Å². The molecule has 6 nitrogen and oxygen atoms in total. The minimum atomic E-state index is -0.659. The highest BCUT2D eigenvalue weighted by Crippen LogP contribution is 2.27. The van der Waals surface area contributed by atoms with Crippen molar-refractivity contribution in [3.63, 3.8) is 0 Å². The lowest BCUT2D eigenvalue weighted by Crippen LogP contribution is -2.32. The van der Waals surface area contributed by atoms with Gasteiger partial charge in [-0.3, -0.25) is 9.59 Å². The molecule has 2 amide bonds. The SMILES string of the molecule is O=CC(SCCC(=O)ON1C(=O)CCC1=O)c1ccccc1. The van der Waals surface area contributed by atoms with Crippen LogP contribution < -0.4 is 0 Å². The number of imide groups is 1. The first kappa shape index (κ1) is 16.2. The number of hydroxylamine groups is 2. The Kier molecular flexibility index (Phi) is 5.71. The molecular formula is C15H15NO5S. The summed E-state index contributed by atoms with van der Waals surface area (Å²) < 4.78 is 0. The Morgan fingerprint density at radius 2 is 1.86 bits per heavy atom. The van der Waals surface area contributed by atoms with Crippen LogP contribution in [0.2, 0.25) is 0 Å². The van der Waals surface area contributed by atoms with Crippen molar-refractivity contribution in [3.8, 4) is 0 Å². The minimum absolute atomic E-state index is 0.0128. The maximum atomic E-state index is 11.6. The second-order valence-electron chi connectivity index (χ2n) is 4.63. The van der Waals surface area contributed by atoms with Gasteiger partial charge < -0.3 is 9.63 Å². The number of rotatable bonds is 7. The van der Waals surface area contributed by atoms with Crippen molar-refractivity contribution in [3.05, 3.63) is 35.9 Å². The summed E-state index contributed by atoms with van der Waals surface area (Å²) in [6.45, 7) is 0. The summed E-state index contributed by atoms with van der Waals surface area (Å²) in [5.41, 5.74) is 0.862. The van der Waals surface area contributed by atoms with Crippen LogP contribution in [0.1, 0.15) is 30.1 Å². The smallest absolute Gasteiger partial charge is 0.330 e. The van der Waals surface area contributed by atoms with E-state index in [-0.39, 0.29) is 24.5 Å². The molecule has 1 atom stereocenters. The number of hydrogen-bond donors (Lipinski definition) is 0. The highest BCUT2D eigenvalue weighted by atomic mass is 32.2. The lowest BCUT2D eigenvalue weighted by Gasteiger charge is -2.13. The lowest BCUT2D eigenvalue weighted by molar-refractivity contribution is -0.197. The average molecular weight is 321 g/mol. The topological polar surface area (TPSA) is 80.8 Å². The molecule has 1 unspecified atom stereocenters. The number of carbonyl (C=O) groups excluding carboxylic acids is 4. The first-order valence-corrected chi connectivity index (χ1v) is 7.85. The fraction of sp³-hybridized carbons (Fsp3) is 0.333. The maximum Gasteiger partial charge on any atom is 0.334 e. The Morgan fingerprint density at radius 1 is 1.23 bits per heavy atom. The van der Waals surface area contributed by atoms with Crippen molar-refractivity contribution in [2.24, 2.45) is 0 Å². The Hall–Kier alpha value is -2.15. The molecule has 0 spiro atoms. The summed E-state index contributed by atoms with van der Waals surface area (Å²) in [6.07, 6.45) is 0.974. The van der Waals surface area contributed by atoms with Crippen LogP contribution in [0.25, 0.3) is 0 Å². The van der Waals surface area contributed by atoms with Gasteiger partial charge in [0.05, 0.1) is 11.7 Å². The van der Waals surface area contributed by atoms with Gasteiger partial charge >= 0.3 is 5.97 Å². The van der Waals surface area contributed by atoms with Crippen LogP contribution in [0.3, 0.4) is 0 Å². The number of thioether (sulfide) groups is 1. The van der Waals surface area contributed by atoms with Gasteiger partial charge in [-0.1, -0.05) is 30.3 Å². The van der Waals surface area contributed by atoms with Gasteiger partial charge in [-0.05, 0) is 5.56 Å². The second-order valence-corrected chi connectivity index (χ2v) is 5.88. The molecular weight excluding hydrogens is 306 g/mol. The zero-order valence-electron chi connectivity index (χ0n) is 11.8. The Balaban J connectivity index is 1.78. The first-order chi connectivity index (χ1) is 10.6. The van der Waals surface area contributed by atoms with Crippen molar-refractivity contribution in [1.82, 2.24) is 5.06 Å². The molecule has 1 aromatic rings. The third kappa shape index (κ3) is 4.17. The largest absolute Gasteiger partial charge is 0.334 e. The summed E-state index contributed by atoms with van der Waals surface area (Å²) in [4.78, 5) is 50.1. The molecule has 1 heterocycles. The summed E-state index contributed by atoms with van der Waals surface area (Å²) >= 11 is 1.31. The zero-order chi connectivity index (χ0) is 15.9. The van der Waals surface area contributed by atoms with Crippen LogP contribution in [0.5, 0.6) is 0 Å². The second kappa shape index (κ2) is 7.74. The van der Waals surface area contributed by atoms with E-state index in [1.807, 2.05) is 30.3 Å². The first-order valence-electron chi connectivity index (χ1n) is 6.80. The van der Waals surface area contributed by atoms with E-state index in [0.29, 0.717) is 10.8 Å². The fourth-order valence-electron chi connectivity index (χ4n) is 1.93. The van der Waals surface area contributed by atoms with E-state index in [4.69, 9.17) is 4.84 Å². The van der Waals surface area contributed by atoms with E-state index < -0.39 is 17.8 Å². The number of benzene rings is 1. The fourth-order valence-corrected chi connectivity index (χ4v) is 2.90. The Bertz CT molecular complexity index is 559. The summed E-state index contributed by atoms with van der Waals surface area (Å²) in [6, 6.07) is 9.21. The molecule has 1 saturated heterocycles. The maximum absolute atomic E-state index is 11.6. The van der Waals surface area contributed by atoms with Gasteiger partial charge in [-0.2, -0.15) is 0 Å².